The molecule has 0 spiro atoms. The maximum atomic E-state index is 4.20. The predicted molar refractivity (Wildman–Crippen MR) is 67.7 cm³/mol. The van der Waals surface area contributed by atoms with Crippen LogP contribution in [0.25, 0.3) is 0 Å². The molecule has 4 aliphatic carbocycles. The van der Waals surface area contributed by atoms with Crippen LogP contribution in [0.5, 0.6) is 0 Å². The van der Waals surface area contributed by atoms with Gasteiger partial charge in [0.25, 0.3) is 0 Å². The first kappa shape index (κ1) is 10.2. The van der Waals surface area contributed by atoms with Crippen molar-refractivity contribution in [2.24, 2.45) is 16.7 Å². The Morgan fingerprint density at radius 3 is 2.35 bits per heavy atom. The van der Waals surface area contributed by atoms with Crippen LogP contribution < -0.4 is 0 Å². The molecule has 1 aromatic heterocycles. The highest BCUT2D eigenvalue weighted by molar-refractivity contribution is 5.25. The number of rotatable bonds is 1. The summed E-state index contributed by atoms with van der Waals surface area (Å²) in [4.78, 5) is 0. The van der Waals surface area contributed by atoms with E-state index in [1.165, 1.54) is 44.2 Å². The molecule has 0 saturated heterocycles. The highest BCUT2D eigenvalue weighted by atomic mass is 15.1. The zero-order valence-corrected chi connectivity index (χ0v) is 10.9. The molecule has 4 bridgehead atoms. The Morgan fingerprint density at radius 1 is 1.12 bits per heavy atom. The Hall–Kier alpha value is -0.790. The maximum Gasteiger partial charge on any atom is 0.0490 e. The number of H-pyrrole nitrogens is 1. The first-order valence-electron chi connectivity index (χ1n) is 7.01. The van der Waals surface area contributed by atoms with Crippen LogP contribution in [0, 0.1) is 16.7 Å². The lowest BCUT2D eigenvalue weighted by Gasteiger charge is -2.65. The summed E-state index contributed by atoms with van der Waals surface area (Å²) in [6.07, 6.45) is 10.5. The smallest absolute Gasteiger partial charge is 0.0490 e. The number of aromatic amines is 1. The van der Waals surface area contributed by atoms with Gasteiger partial charge in [0.2, 0.25) is 0 Å². The monoisotopic (exact) mass is 230 g/mol. The molecule has 17 heavy (non-hydrogen) atoms. The minimum absolute atomic E-state index is 0.430. The molecule has 1 heterocycles. The Morgan fingerprint density at radius 2 is 1.82 bits per heavy atom. The van der Waals surface area contributed by atoms with Crippen LogP contribution in [0.15, 0.2) is 12.3 Å². The normalized spacial score (nSPS) is 52.0. The second-order valence-electron chi connectivity index (χ2n) is 7.88. The highest BCUT2D eigenvalue weighted by Gasteiger charge is 2.60. The summed E-state index contributed by atoms with van der Waals surface area (Å²) in [7, 11) is 0. The number of nitrogens with one attached hydrogen (secondary N) is 1. The van der Waals surface area contributed by atoms with Gasteiger partial charge in [-0.05, 0) is 61.3 Å². The van der Waals surface area contributed by atoms with E-state index in [1.807, 2.05) is 6.20 Å². The molecule has 4 fully saturated rings. The van der Waals surface area contributed by atoms with E-state index in [1.54, 1.807) is 0 Å². The van der Waals surface area contributed by atoms with Gasteiger partial charge >= 0.3 is 0 Å². The summed E-state index contributed by atoms with van der Waals surface area (Å²) >= 11 is 0. The van der Waals surface area contributed by atoms with E-state index in [2.05, 4.69) is 30.1 Å². The average Bonchev–Trinajstić information content (AvgIpc) is 2.63. The second-order valence-corrected chi connectivity index (χ2v) is 7.88. The summed E-state index contributed by atoms with van der Waals surface area (Å²) < 4.78 is 0. The van der Waals surface area contributed by atoms with E-state index in [-0.39, 0.29) is 0 Å². The molecule has 2 nitrogen and oxygen atoms in total. The van der Waals surface area contributed by atoms with Gasteiger partial charge in [-0.1, -0.05) is 13.8 Å². The summed E-state index contributed by atoms with van der Waals surface area (Å²) in [6, 6.07) is 2.22. The number of aromatic nitrogens is 2. The largest absolute Gasteiger partial charge is 0.282 e. The molecule has 0 amide bonds. The number of hydrogen-bond acceptors (Lipinski definition) is 1. The van der Waals surface area contributed by atoms with Crippen LogP contribution in [0.3, 0.4) is 0 Å². The van der Waals surface area contributed by atoms with Crippen LogP contribution >= 0.6 is 0 Å². The molecule has 0 radical (unpaired) electrons. The van der Waals surface area contributed by atoms with Gasteiger partial charge in [-0.25, -0.2) is 0 Å². The molecule has 92 valence electrons. The number of nitrogens with zero attached hydrogens (tertiary/aromatic N) is 1. The van der Waals surface area contributed by atoms with Crippen molar-refractivity contribution in [3.63, 3.8) is 0 Å². The third-order valence-electron chi connectivity index (χ3n) is 5.70. The summed E-state index contributed by atoms with van der Waals surface area (Å²) in [5.41, 5.74) is 3.04. The van der Waals surface area contributed by atoms with Crippen molar-refractivity contribution in [1.82, 2.24) is 10.2 Å². The third kappa shape index (κ3) is 1.30. The van der Waals surface area contributed by atoms with Crippen LogP contribution in [-0.4, -0.2) is 10.2 Å². The lowest BCUT2D eigenvalue weighted by molar-refractivity contribution is -0.111. The zero-order chi connectivity index (χ0) is 11.7. The molecule has 5 rings (SSSR count). The topological polar surface area (TPSA) is 28.7 Å². The Kier molecular flexibility index (Phi) is 1.66. The van der Waals surface area contributed by atoms with Gasteiger partial charge in [0, 0.05) is 17.3 Å². The third-order valence-corrected chi connectivity index (χ3v) is 5.70. The van der Waals surface area contributed by atoms with Gasteiger partial charge in [0.15, 0.2) is 0 Å². The van der Waals surface area contributed by atoms with Crippen molar-refractivity contribution in [2.75, 3.05) is 0 Å². The Labute approximate surface area is 103 Å². The second kappa shape index (κ2) is 2.78. The zero-order valence-electron chi connectivity index (χ0n) is 10.9. The highest BCUT2D eigenvalue weighted by Crippen LogP contribution is 2.69. The molecule has 0 aromatic carbocycles. The Bertz CT molecular complexity index is 429. The van der Waals surface area contributed by atoms with E-state index in [4.69, 9.17) is 0 Å². The van der Waals surface area contributed by atoms with E-state index >= 15 is 0 Å². The summed E-state index contributed by atoms with van der Waals surface area (Å²) in [6.45, 7) is 5.06. The van der Waals surface area contributed by atoms with E-state index in [0.29, 0.717) is 16.2 Å². The van der Waals surface area contributed by atoms with Gasteiger partial charge in [-0.15, -0.1) is 0 Å². The predicted octanol–water partition coefficient (Wildman–Crippen LogP) is 3.66. The van der Waals surface area contributed by atoms with Crippen LogP contribution in [-0.2, 0) is 5.41 Å². The molecule has 4 saturated carbocycles. The summed E-state index contributed by atoms with van der Waals surface area (Å²) in [5, 5.41) is 7.48. The van der Waals surface area contributed by atoms with Gasteiger partial charge in [-0.2, -0.15) is 5.10 Å². The fourth-order valence-corrected chi connectivity index (χ4v) is 6.30. The molecule has 1 aromatic rings. The molecule has 4 aliphatic rings. The molecule has 0 aliphatic heterocycles. The Balaban J connectivity index is 1.83. The fraction of sp³-hybridized carbons (Fsp3) is 0.800. The molecule has 1 N–H and O–H groups in total. The van der Waals surface area contributed by atoms with Crippen molar-refractivity contribution < 1.29 is 0 Å². The summed E-state index contributed by atoms with van der Waals surface area (Å²) in [5.74, 6) is 0.963. The molecule has 2 heteroatoms. The SMILES string of the molecule is CC12CC3CC(C)(C1)CC(c1ccn[nH]1)(C3)C2. The quantitative estimate of drug-likeness (QED) is 0.783. The minimum Gasteiger partial charge on any atom is -0.282 e. The minimum atomic E-state index is 0.430. The van der Waals surface area contributed by atoms with E-state index < -0.39 is 0 Å². The lowest BCUT2D eigenvalue weighted by atomic mass is 9.40. The van der Waals surface area contributed by atoms with Crippen LogP contribution in [0.2, 0.25) is 0 Å². The number of hydrogen-bond donors (Lipinski definition) is 1. The van der Waals surface area contributed by atoms with Crippen molar-refractivity contribution in [2.45, 2.75) is 57.8 Å². The molecule has 2 unspecified atom stereocenters. The lowest BCUT2D eigenvalue weighted by Crippen LogP contribution is -2.57. The first-order valence-corrected chi connectivity index (χ1v) is 7.01. The van der Waals surface area contributed by atoms with Gasteiger partial charge in [0.05, 0.1) is 0 Å². The van der Waals surface area contributed by atoms with Gasteiger partial charge in [0.1, 0.15) is 0 Å². The van der Waals surface area contributed by atoms with Crippen LogP contribution in [0.4, 0.5) is 0 Å². The van der Waals surface area contributed by atoms with Crippen molar-refractivity contribution in [3.8, 4) is 0 Å². The van der Waals surface area contributed by atoms with Crippen molar-refractivity contribution in [3.05, 3.63) is 18.0 Å². The maximum absolute atomic E-state index is 4.20. The van der Waals surface area contributed by atoms with Gasteiger partial charge < -0.3 is 0 Å². The molecule has 2 atom stereocenters. The molecular formula is C15H22N2. The molecular weight excluding hydrogens is 208 g/mol. The van der Waals surface area contributed by atoms with Crippen LogP contribution in [0.1, 0.15) is 58.1 Å². The van der Waals surface area contributed by atoms with Crippen molar-refractivity contribution >= 4 is 0 Å². The van der Waals surface area contributed by atoms with E-state index in [0.717, 1.165) is 5.92 Å². The average molecular weight is 230 g/mol. The fourth-order valence-electron chi connectivity index (χ4n) is 6.30. The van der Waals surface area contributed by atoms with Crippen molar-refractivity contribution in [1.29, 1.82) is 0 Å². The first-order chi connectivity index (χ1) is 8.01. The standard InChI is InChI=1S/C15H22N2/c1-13-5-11-6-14(2,8-13)10-15(7-11,9-13)12-3-4-16-17-12/h3-4,11H,5-10H2,1-2H3,(H,16,17). The van der Waals surface area contributed by atoms with E-state index in [9.17, 15) is 0 Å². The van der Waals surface area contributed by atoms with Gasteiger partial charge in [-0.3, -0.25) is 5.10 Å².